The molecule has 3 aromatic rings. The standard InChI is InChI=1S/C21H19Cl2N3O3S/c1-12-9-19-24-13(2)21(30(27,28)16-6-4-5-15(11-16)29-3)20(26(19)25-12)14-7-8-17(22)18(23)10-14/h4-11,20,24H,1-3H3. The fraction of sp³-hybridized carbons (Fsp3) is 0.190. The Morgan fingerprint density at radius 2 is 1.83 bits per heavy atom. The molecule has 4 rings (SSSR count). The number of rotatable bonds is 4. The molecule has 2 aromatic carbocycles. The van der Waals surface area contributed by atoms with Crippen LogP contribution in [0.15, 0.2) is 64.0 Å². The molecule has 0 saturated carbocycles. The Kier molecular flexibility index (Phi) is 5.30. The van der Waals surface area contributed by atoms with Crippen LogP contribution in [0.25, 0.3) is 0 Å². The van der Waals surface area contributed by atoms with Gasteiger partial charge in [0.2, 0.25) is 9.84 Å². The molecule has 1 aliphatic rings. The van der Waals surface area contributed by atoms with Crippen LogP contribution in [0.4, 0.5) is 5.82 Å². The topological polar surface area (TPSA) is 73.2 Å². The van der Waals surface area contributed by atoms with E-state index in [1.54, 1.807) is 48.0 Å². The first-order valence-electron chi connectivity index (χ1n) is 9.10. The van der Waals surface area contributed by atoms with Gasteiger partial charge in [0, 0.05) is 11.8 Å². The minimum absolute atomic E-state index is 0.135. The molecule has 0 fully saturated rings. The lowest BCUT2D eigenvalue weighted by Crippen LogP contribution is -2.28. The third-order valence-corrected chi connectivity index (χ3v) is 7.66. The van der Waals surface area contributed by atoms with Gasteiger partial charge in [-0.25, -0.2) is 13.1 Å². The molecule has 0 saturated heterocycles. The number of methoxy groups -OCH3 is 1. The average Bonchev–Trinajstić information content (AvgIpc) is 3.08. The quantitative estimate of drug-likeness (QED) is 0.573. The highest BCUT2D eigenvalue weighted by Crippen LogP contribution is 2.42. The summed E-state index contributed by atoms with van der Waals surface area (Å²) in [7, 11) is -2.40. The number of anilines is 1. The number of hydrogen-bond acceptors (Lipinski definition) is 5. The maximum absolute atomic E-state index is 13.8. The Labute approximate surface area is 185 Å². The summed E-state index contributed by atoms with van der Waals surface area (Å²) in [5.41, 5.74) is 1.94. The molecule has 0 aliphatic carbocycles. The number of nitrogens with zero attached hydrogens (tertiary/aromatic N) is 2. The lowest BCUT2D eigenvalue weighted by atomic mass is 10.0. The number of hydrogen-bond donors (Lipinski definition) is 1. The van der Waals surface area contributed by atoms with Gasteiger partial charge in [0.1, 0.15) is 17.6 Å². The smallest absolute Gasteiger partial charge is 0.207 e. The van der Waals surface area contributed by atoms with Crippen molar-refractivity contribution in [3.8, 4) is 5.75 Å². The minimum atomic E-state index is -3.90. The zero-order valence-electron chi connectivity index (χ0n) is 16.5. The van der Waals surface area contributed by atoms with Crippen LogP contribution in [0.3, 0.4) is 0 Å². The van der Waals surface area contributed by atoms with Gasteiger partial charge < -0.3 is 10.1 Å². The Morgan fingerprint density at radius 1 is 1.07 bits per heavy atom. The molecule has 6 nitrogen and oxygen atoms in total. The van der Waals surface area contributed by atoms with E-state index in [0.717, 1.165) is 5.69 Å². The number of halogens is 2. The minimum Gasteiger partial charge on any atom is -0.497 e. The van der Waals surface area contributed by atoms with E-state index in [1.807, 2.05) is 13.0 Å². The van der Waals surface area contributed by atoms with E-state index in [4.69, 9.17) is 27.9 Å². The van der Waals surface area contributed by atoms with Gasteiger partial charge in [-0.05, 0) is 49.7 Å². The van der Waals surface area contributed by atoms with E-state index in [2.05, 4.69) is 10.4 Å². The van der Waals surface area contributed by atoms with Crippen molar-refractivity contribution in [2.75, 3.05) is 12.4 Å². The summed E-state index contributed by atoms with van der Waals surface area (Å²) in [5, 5.41) is 8.45. The molecule has 30 heavy (non-hydrogen) atoms. The molecule has 1 atom stereocenters. The maximum atomic E-state index is 13.8. The summed E-state index contributed by atoms with van der Waals surface area (Å²) in [6, 6.07) is 12.7. The summed E-state index contributed by atoms with van der Waals surface area (Å²) < 4.78 is 34.4. The van der Waals surface area contributed by atoms with Crippen LogP contribution < -0.4 is 10.1 Å². The first-order chi connectivity index (χ1) is 14.2. The molecule has 1 aliphatic heterocycles. The number of fused-ring (bicyclic) bond motifs is 1. The number of aryl methyl sites for hydroxylation is 1. The van der Waals surface area contributed by atoms with Crippen molar-refractivity contribution in [2.24, 2.45) is 0 Å². The van der Waals surface area contributed by atoms with Gasteiger partial charge in [0.25, 0.3) is 0 Å². The highest BCUT2D eigenvalue weighted by atomic mass is 35.5. The fourth-order valence-corrected chi connectivity index (χ4v) is 5.67. The molecule has 1 N–H and O–H groups in total. The van der Waals surface area contributed by atoms with Crippen LogP contribution in [0, 0.1) is 6.92 Å². The number of aromatic nitrogens is 2. The van der Waals surface area contributed by atoms with E-state index in [0.29, 0.717) is 32.9 Å². The lowest BCUT2D eigenvalue weighted by Gasteiger charge is -2.30. The van der Waals surface area contributed by atoms with Crippen LogP contribution >= 0.6 is 23.2 Å². The molecule has 1 aromatic heterocycles. The average molecular weight is 464 g/mol. The van der Waals surface area contributed by atoms with Gasteiger partial charge in [-0.3, -0.25) is 0 Å². The summed E-state index contributed by atoms with van der Waals surface area (Å²) in [4.78, 5) is 0.320. The summed E-state index contributed by atoms with van der Waals surface area (Å²) in [5.74, 6) is 1.16. The molecule has 156 valence electrons. The van der Waals surface area contributed by atoms with Gasteiger partial charge in [-0.1, -0.05) is 35.3 Å². The van der Waals surface area contributed by atoms with Gasteiger partial charge >= 0.3 is 0 Å². The maximum Gasteiger partial charge on any atom is 0.207 e. The summed E-state index contributed by atoms with van der Waals surface area (Å²) >= 11 is 12.4. The van der Waals surface area contributed by atoms with Crippen LogP contribution in [0.5, 0.6) is 5.75 Å². The summed E-state index contributed by atoms with van der Waals surface area (Å²) in [6.45, 7) is 3.59. The van der Waals surface area contributed by atoms with E-state index >= 15 is 0 Å². The highest BCUT2D eigenvalue weighted by Gasteiger charge is 2.38. The number of ether oxygens (including phenoxy) is 1. The Hall–Kier alpha value is -2.48. The molecule has 0 bridgehead atoms. The Morgan fingerprint density at radius 3 is 2.53 bits per heavy atom. The number of benzene rings is 2. The van der Waals surface area contributed by atoms with Crippen molar-refractivity contribution in [3.63, 3.8) is 0 Å². The van der Waals surface area contributed by atoms with Crippen molar-refractivity contribution < 1.29 is 13.2 Å². The monoisotopic (exact) mass is 463 g/mol. The summed E-state index contributed by atoms with van der Waals surface area (Å²) in [6.07, 6.45) is 0. The SMILES string of the molecule is COc1cccc(S(=O)(=O)C2=C(C)Nc3cc(C)nn3C2c2ccc(Cl)c(Cl)c2)c1. The van der Waals surface area contributed by atoms with E-state index < -0.39 is 15.9 Å². The zero-order chi connectivity index (χ0) is 21.6. The van der Waals surface area contributed by atoms with E-state index in [1.165, 1.54) is 13.2 Å². The van der Waals surface area contributed by atoms with Crippen molar-refractivity contribution in [1.82, 2.24) is 9.78 Å². The van der Waals surface area contributed by atoms with Crippen molar-refractivity contribution >= 4 is 38.9 Å². The van der Waals surface area contributed by atoms with Gasteiger partial charge in [0.05, 0.1) is 32.6 Å². The van der Waals surface area contributed by atoms with Gasteiger partial charge in [-0.15, -0.1) is 0 Å². The normalized spacial score (nSPS) is 16.2. The predicted molar refractivity (Wildman–Crippen MR) is 118 cm³/mol. The molecule has 9 heteroatoms. The molecular formula is C21H19Cl2N3O3S. The van der Waals surface area contributed by atoms with Crippen molar-refractivity contribution in [2.45, 2.75) is 24.8 Å². The third kappa shape index (κ3) is 3.47. The number of nitrogens with one attached hydrogen (secondary N) is 1. The molecule has 0 spiro atoms. The number of allylic oxidation sites excluding steroid dienone is 2. The van der Waals surface area contributed by atoms with Crippen LogP contribution in [-0.4, -0.2) is 25.3 Å². The predicted octanol–water partition coefficient (Wildman–Crippen LogP) is 5.23. The van der Waals surface area contributed by atoms with Gasteiger partial charge in [-0.2, -0.15) is 5.10 Å². The largest absolute Gasteiger partial charge is 0.497 e. The van der Waals surface area contributed by atoms with Gasteiger partial charge in [0.15, 0.2) is 0 Å². The second kappa shape index (κ2) is 7.65. The van der Waals surface area contributed by atoms with Crippen molar-refractivity contribution in [1.29, 1.82) is 0 Å². The first kappa shape index (κ1) is 20.8. The van der Waals surface area contributed by atoms with Crippen LogP contribution in [-0.2, 0) is 9.84 Å². The van der Waals surface area contributed by atoms with Crippen molar-refractivity contribution in [3.05, 3.63) is 80.4 Å². The Balaban J connectivity index is 1.96. The molecular weight excluding hydrogens is 445 g/mol. The van der Waals surface area contributed by atoms with Crippen LogP contribution in [0.1, 0.15) is 24.2 Å². The first-order valence-corrected chi connectivity index (χ1v) is 11.3. The second-order valence-electron chi connectivity index (χ2n) is 6.99. The zero-order valence-corrected chi connectivity index (χ0v) is 18.8. The molecule has 0 amide bonds. The van der Waals surface area contributed by atoms with E-state index in [9.17, 15) is 8.42 Å². The molecule has 1 unspecified atom stereocenters. The highest BCUT2D eigenvalue weighted by molar-refractivity contribution is 7.95. The lowest BCUT2D eigenvalue weighted by molar-refractivity contribution is 0.413. The molecule has 0 radical (unpaired) electrons. The third-order valence-electron chi connectivity index (χ3n) is 4.94. The van der Waals surface area contributed by atoms with Crippen LogP contribution in [0.2, 0.25) is 10.0 Å². The Bertz CT molecular complexity index is 1280. The number of sulfone groups is 1. The fourth-order valence-electron chi connectivity index (χ4n) is 3.60. The van der Waals surface area contributed by atoms with E-state index in [-0.39, 0.29) is 9.80 Å². The molecule has 2 heterocycles. The second-order valence-corrected chi connectivity index (χ2v) is 9.72.